The van der Waals surface area contributed by atoms with Crippen molar-refractivity contribution in [1.29, 1.82) is 0 Å². The van der Waals surface area contributed by atoms with Crippen LogP contribution in [0.25, 0.3) is 21.3 Å². The van der Waals surface area contributed by atoms with E-state index in [1.165, 1.54) is 15.6 Å². The van der Waals surface area contributed by atoms with Gasteiger partial charge < -0.3 is 0 Å². The Kier molecular flexibility index (Phi) is 5.69. The lowest BCUT2D eigenvalue weighted by Crippen LogP contribution is -2.43. The van der Waals surface area contributed by atoms with E-state index in [1.54, 1.807) is 18.2 Å². The number of nitrogens with one attached hydrogen (secondary N) is 1. The molecule has 0 radical (unpaired) electrons. The van der Waals surface area contributed by atoms with Gasteiger partial charge in [0.15, 0.2) is 0 Å². The van der Waals surface area contributed by atoms with Crippen LogP contribution >= 0.6 is 11.3 Å². The minimum Gasteiger partial charge on any atom is -0.299 e. The monoisotopic (exact) mass is 478 g/mol. The Bertz CT molecular complexity index is 1440. The maximum atomic E-state index is 13.6. The first-order valence-electron chi connectivity index (χ1n) is 10.6. The molecule has 1 atom stereocenters. The van der Waals surface area contributed by atoms with E-state index in [-0.39, 0.29) is 10.8 Å². The molecular formula is C24H22N4O3S2. The lowest BCUT2D eigenvalue weighted by molar-refractivity contribution is -0.119. The Balaban J connectivity index is 1.39. The average molecular weight is 479 g/mol. The van der Waals surface area contributed by atoms with E-state index in [1.807, 2.05) is 55.5 Å². The highest BCUT2D eigenvalue weighted by Crippen LogP contribution is 2.32. The van der Waals surface area contributed by atoms with Gasteiger partial charge in [0.05, 0.1) is 4.90 Å². The van der Waals surface area contributed by atoms with Crippen molar-refractivity contribution < 1.29 is 13.2 Å². The standard InChI is InChI=1S/C24H22N4O3S2/c1-16-7-4-10-18(15-16)23-26-27-24(32-23)25-22(29)20-12-6-14-28(20)33(30,31)21-13-5-9-17-8-2-3-11-19(17)21/h2-5,7-11,13,15,20H,6,12,14H2,1H3,(H,25,27,29). The summed E-state index contributed by atoms with van der Waals surface area (Å²) < 4.78 is 28.4. The number of carbonyl (C=O) groups excluding carboxylic acids is 1. The molecule has 0 aliphatic carbocycles. The molecule has 1 saturated heterocycles. The number of aryl methyl sites for hydroxylation is 1. The number of hydrogen-bond acceptors (Lipinski definition) is 6. The lowest BCUT2D eigenvalue weighted by atomic mass is 10.1. The molecule has 1 aliphatic rings. The first kappa shape index (κ1) is 21.7. The van der Waals surface area contributed by atoms with Crippen molar-refractivity contribution in [2.24, 2.45) is 0 Å². The largest absolute Gasteiger partial charge is 0.299 e. The molecule has 7 nitrogen and oxygen atoms in total. The Morgan fingerprint density at radius 1 is 1.06 bits per heavy atom. The van der Waals surface area contributed by atoms with Gasteiger partial charge in [0.2, 0.25) is 21.1 Å². The highest BCUT2D eigenvalue weighted by Gasteiger charge is 2.40. The zero-order valence-corrected chi connectivity index (χ0v) is 19.6. The first-order valence-corrected chi connectivity index (χ1v) is 12.9. The summed E-state index contributed by atoms with van der Waals surface area (Å²) in [5.41, 5.74) is 2.03. The molecule has 0 bridgehead atoms. The van der Waals surface area contributed by atoms with Gasteiger partial charge in [-0.25, -0.2) is 8.42 Å². The highest BCUT2D eigenvalue weighted by atomic mass is 32.2. The second-order valence-corrected chi connectivity index (χ2v) is 10.9. The van der Waals surface area contributed by atoms with Crippen LogP contribution in [-0.4, -0.2) is 41.4 Å². The van der Waals surface area contributed by atoms with E-state index in [0.29, 0.717) is 34.9 Å². The zero-order chi connectivity index (χ0) is 23.0. The summed E-state index contributed by atoms with van der Waals surface area (Å²) in [5, 5.41) is 13.6. The van der Waals surface area contributed by atoms with Crippen LogP contribution in [0.1, 0.15) is 18.4 Å². The minimum atomic E-state index is -3.85. The van der Waals surface area contributed by atoms with Gasteiger partial charge in [0.25, 0.3) is 0 Å². The summed E-state index contributed by atoms with van der Waals surface area (Å²) in [6, 6.07) is 19.7. The molecule has 5 rings (SSSR count). The van der Waals surface area contributed by atoms with Gasteiger partial charge in [0.1, 0.15) is 11.0 Å². The van der Waals surface area contributed by atoms with Crippen molar-refractivity contribution in [3.05, 3.63) is 72.3 Å². The Morgan fingerprint density at radius 2 is 1.85 bits per heavy atom. The second-order valence-electron chi connectivity index (χ2n) is 8.02. The molecule has 0 saturated carbocycles. The smallest absolute Gasteiger partial charge is 0.244 e. The number of amides is 1. The van der Waals surface area contributed by atoms with Crippen LogP contribution in [0.2, 0.25) is 0 Å². The number of benzene rings is 3. The number of sulfonamides is 1. The molecule has 1 unspecified atom stereocenters. The molecule has 33 heavy (non-hydrogen) atoms. The Hall–Kier alpha value is -3.14. The van der Waals surface area contributed by atoms with E-state index in [4.69, 9.17) is 0 Å². The Morgan fingerprint density at radius 3 is 2.70 bits per heavy atom. The molecule has 168 valence electrons. The normalized spacial score (nSPS) is 16.8. The summed E-state index contributed by atoms with van der Waals surface area (Å²) >= 11 is 1.27. The van der Waals surface area contributed by atoms with Gasteiger partial charge in [-0.15, -0.1) is 10.2 Å². The first-order chi connectivity index (χ1) is 15.9. The zero-order valence-electron chi connectivity index (χ0n) is 17.9. The van der Waals surface area contributed by atoms with E-state index in [2.05, 4.69) is 15.5 Å². The number of rotatable bonds is 5. The number of carbonyl (C=O) groups is 1. The molecule has 3 aromatic carbocycles. The molecule has 2 heterocycles. The van der Waals surface area contributed by atoms with Crippen molar-refractivity contribution in [2.75, 3.05) is 11.9 Å². The fraction of sp³-hybridized carbons (Fsp3) is 0.208. The fourth-order valence-electron chi connectivity index (χ4n) is 4.19. The fourth-order valence-corrected chi connectivity index (χ4v) is 6.81. The van der Waals surface area contributed by atoms with Crippen LogP contribution in [0.4, 0.5) is 5.13 Å². The SMILES string of the molecule is Cc1cccc(-c2nnc(NC(=O)C3CCCN3S(=O)(=O)c3cccc4ccccc34)s2)c1. The van der Waals surface area contributed by atoms with E-state index >= 15 is 0 Å². The quantitative estimate of drug-likeness (QED) is 0.457. The molecule has 1 aliphatic heterocycles. The van der Waals surface area contributed by atoms with Crippen LogP contribution in [0.3, 0.4) is 0 Å². The molecule has 0 spiro atoms. The topological polar surface area (TPSA) is 92.3 Å². The van der Waals surface area contributed by atoms with Gasteiger partial charge in [-0.1, -0.05) is 71.5 Å². The van der Waals surface area contributed by atoms with Gasteiger partial charge >= 0.3 is 0 Å². The number of fused-ring (bicyclic) bond motifs is 1. The molecule has 4 aromatic rings. The summed E-state index contributed by atoms with van der Waals surface area (Å²) in [5.74, 6) is -0.386. The van der Waals surface area contributed by atoms with Gasteiger partial charge in [-0.2, -0.15) is 4.31 Å². The van der Waals surface area contributed by atoms with Crippen molar-refractivity contribution >= 4 is 43.2 Å². The van der Waals surface area contributed by atoms with Gasteiger partial charge in [0, 0.05) is 17.5 Å². The van der Waals surface area contributed by atoms with E-state index in [9.17, 15) is 13.2 Å². The van der Waals surface area contributed by atoms with Crippen molar-refractivity contribution in [2.45, 2.75) is 30.7 Å². The summed E-state index contributed by atoms with van der Waals surface area (Å²) in [7, 11) is -3.85. The highest BCUT2D eigenvalue weighted by molar-refractivity contribution is 7.89. The van der Waals surface area contributed by atoms with Crippen LogP contribution in [0.15, 0.2) is 71.6 Å². The molecular weight excluding hydrogens is 456 g/mol. The van der Waals surface area contributed by atoms with Crippen LogP contribution < -0.4 is 5.32 Å². The Labute approximate surface area is 196 Å². The lowest BCUT2D eigenvalue weighted by Gasteiger charge is -2.23. The number of hydrogen-bond donors (Lipinski definition) is 1. The van der Waals surface area contributed by atoms with Gasteiger partial charge in [-0.3, -0.25) is 10.1 Å². The third-order valence-electron chi connectivity index (χ3n) is 5.76. The van der Waals surface area contributed by atoms with E-state index < -0.39 is 16.1 Å². The molecule has 9 heteroatoms. The van der Waals surface area contributed by atoms with Crippen LogP contribution in [0.5, 0.6) is 0 Å². The minimum absolute atomic E-state index is 0.220. The third kappa shape index (κ3) is 4.15. The van der Waals surface area contributed by atoms with Crippen LogP contribution in [-0.2, 0) is 14.8 Å². The average Bonchev–Trinajstić information content (AvgIpc) is 3.49. The number of nitrogens with zero attached hydrogens (tertiary/aromatic N) is 3. The molecule has 1 N–H and O–H groups in total. The maximum absolute atomic E-state index is 13.6. The number of aromatic nitrogens is 2. The van der Waals surface area contributed by atoms with Crippen molar-refractivity contribution in [3.8, 4) is 10.6 Å². The predicted molar refractivity (Wildman–Crippen MR) is 130 cm³/mol. The van der Waals surface area contributed by atoms with Crippen LogP contribution in [0, 0.1) is 6.92 Å². The van der Waals surface area contributed by atoms with E-state index in [0.717, 1.165) is 16.5 Å². The van der Waals surface area contributed by atoms with Crippen molar-refractivity contribution in [1.82, 2.24) is 14.5 Å². The molecule has 1 fully saturated rings. The maximum Gasteiger partial charge on any atom is 0.244 e. The summed E-state index contributed by atoms with van der Waals surface area (Å²) in [6.07, 6.45) is 1.08. The second kappa shape index (κ2) is 8.66. The third-order valence-corrected chi connectivity index (χ3v) is 8.62. The summed E-state index contributed by atoms with van der Waals surface area (Å²) in [6.45, 7) is 2.30. The molecule has 1 amide bonds. The number of anilines is 1. The molecule has 1 aromatic heterocycles. The summed E-state index contributed by atoms with van der Waals surface area (Å²) in [4.78, 5) is 13.3. The van der Waals surface area contributed by atoms with Gasteiger partial charge in [-0.05, 0) is 37.3 Å². The van der Waals surface area contributed by atoms with Crippen molar-refractivity contribution in [3.63, 3.8) is 0 Å². The predicted octanol–water partition coefficient (Wildman–Crippen LogP) is 4.46.